The highest BCUT2D eigenvalue weighted by molar-refractivity contribution is 5.99. The molecule has 1 aliphatic carbocycles. The quantitative estimate of drug-likeness (QED) is 0.653. The maximum atomic E-state index is 7.84. The molecule has 1 aromatic heterocycles. The van der Waals surface area contributed by atoms with Gasteiger partial charge >= 0.3 is 0 Å². The average Bonchev–Trinajstić information content (AvgIpc) is 2.94. The van der Waals surface area contributed by atoms with Crippen molar-refractivity contribution >= 4 is 11.7 Å². The van der Waals surface area contributed by atoms with Gasteiger partial charge in [0.25, 0.3) is 0 Å². The van der Waals surface area contributed by atoms with E-state index < -0.39 is 0 Å². The van der Waals surface area contributed by atoms with E-state index in [1.54, 1.807) is 0 Å². The summed E-state index contributed by atoms with van der Waals surface area (Å²) in [6.45, 7) is 2.62. The lowest BCUT2D eigenvalue weighted by molar-refractivity contribution is 0.0576. The molecule has 1 aliphatic heterocycles. The molecule has 0 bridgehead atoms. The fraction of sp³-hybridized carbons (Fsp3) is 0.625. The van der Waals surface area contributed by atoms with E-state index in [0.29, 0.717) is 5.92 Å². The van der Waals surface area contributed by atoms with Crippen molar-refractivity contribution in [2.45, 2.75) is 32.1 Å². The summed E-state index contributed by atoms with van der Waals surface area (Å²) < 4.78 is 5.56. The first-order valence-electron chi connectivity index (χ1n) is 7.81. The molecule has 0 saturated carbocycles. The molecule has 1 unspecified atom stereocenters. The number of aromatic nitrogens is 1. The van der Waals surface area contributed by atoms with Crippen LogP contribution in [0.2, 0.25) is 0 Å². The first kappa shape index (κ1) is 14.3. The smallest absolute Gasteiger partial charge is 0.139 e. The Morgan fingerprint density at radius 1 is 1.48 bits per heavy atom. The van der Waals surface area contributed by atoms with Crippen LogP contribution in [0.3, 0.4) is 0 Å². The monoisotopic (exact) mass is 288 g/mol. The minimum Gasteiger partial charge on any atom is -0.384 e. The van der Waals surface area contributed by atoms with E-state index in [9.17, 15) is 0 Å². The summed E-state index contributed by atoms with van der Waals surface area (Å²) in [6, 6.07) is 2.07. The van der Waals surface area contributed by atoms with Crippen LogP contribution < -0.4 is 10.6 Å². The highest BCUT2D eigenvalue weighted by Crippen LogP contribution is 2.27. The summed E-state index contributed by atoms with van der Waals surface area (Å²) in [5.41, 5.74) is 8.99. The summed E-state index contributed by atoms with van der Waals surface area (Å²) in [4.78, 5) is 6.95. The number of amidine groups is 1. The maximum Gasteiger partial charge on any atom is 0.139 e. The molecule has 0 amide bonds. The van der Waals surface area contributed by atoms with Crippen molar-refractivity contribution in [2.75, 3.05) is 31.7 Å². The lowest BCUT2D eigenvalue weighted by Crippen LogP contribution is -2.33. The standard InChI is InChI=1S/C16H24N4O/c1-20(9-11-4-3-7-21-10-11)16-13(15(17)18)8-12-5-2-6-14(12)19-16/h8,11H,2-7,9-10H2,1H3,(H3,17,18). The van der Waals surface area contributed by atoms with Gasteiger partial charge in [-0.25, -0.2) is 4.98 Å². The summed E-state index contributed by atoms with van der Waals surface area (Å²) >= 11 is 0. The highest BCUT2D eigenvalue weighted by atomic mass is 16.5. The molecule has 0 aromatic carbocycles. The largest absolute Gasteiger partial charge is 0.384 e. The van der Waals surface area contributed by atoms with Crippen molar-refractivity contribution < 1.29 is 4.74 Å². The van der Waals surface area contributed by atoms with Crippen molar-refractivity contribution in [3.05, 3.63) is 22.9 Å². The average molecular weight is 288 g/mol. The Labute approximate surface area is 126 Å². The van der Waals surface area contributed by atoms with Crippen molar-refractivity contribution in [2.24, 2.45) is 11.7 Å². The third kappa shape index (κ3) is 3.02. The van der Waals surface area contributed by atoms with Crippen LogP contribution in [-0.2, 0) is 17.6 Å². The van der Waals surface area contributed by atoms with Gasteiger partial charge in [-0.2, -0.15) is 0 Å². The summed E-state index contributed by atoms with van der Waals surface area (Å²) in [7, 11) is 2.05. The molecule has 21 heavy (non-hydrogen) atoms. The van der Waals surface area contributed by atoms with Crippen LogP contribution in [-0.4, -0.2) is 37.6 Å². The second-order valence-corrected chi connectivity index (χ2v) is 6.20. The number of nitrogens with two attached hydrogens (primary N) is 1. The van der Waals surface area contributed by atoms with Gasteiger partial charge in [0, 0.05) is 25.9 Å². The van der Waals surface area contributed by atoms with Gasteiger partial charge in [-0.1, -0.05) is 0 Å². The Hall–Kier alpha value is -1.62. The number of pyridine rings is 1. The van der Waals surface area contributed by atoms with E-state index >= 15 is 0 Å². The molecule has 0 spiro atoms. The normalized spacial score (nSPS) is 21.1. The van der Waals surface area contributed by atoms with Crippen LogP contribution in [0.15, 0.2) is 6.07 Å². The number of nitrogens with zero attached hydrogens (tertiary/aromatic N) is 2. The van der Waals surface area contributed by atoms with Crippen LogP contribution in [0.4, 0.5) is 5.82 Å². The minimum absolute atomic E-state index is 0.110. The minimum atomic E-state index is 0.110. The summed E-state index contributed by atoms with van der Waals surface area (Å²) in [5.74, 6) is 1.51. The second-order valence-electron chi connectivity index (χ2n) is 6.20. The highest BCUT2D eigenvalue weighted by Gasteiger charge is 2.22. The van der Waals surface area contributed by atoms with Crippen molar-refractivity contribution in [3.63, 3.8) is 0 Å². The lowest BCUT2D eigenvalue weighted by atomic mass is 10.0. The van der Waals surface area contributed by atoms with E-state index in [1.807, 2.05) is 7.05 Å². The Morgan fingerprint density at radius 2 is 2.33 bits per heavy atom. The molecule has 3 N–H and O–H groups in total. The number of rotatable bonds is 4. The molecule has 1 atom stereocenters. The molecular weight excluding hydrogens is 264 g/mol. The molecule has 3 rings (SSSR count). The number of nitrogen functional groups attached to an aromatic ring is 1. The SMILES string of the molecule is CN(CC1CCCOC1)c1nc2c(cc1C(=N)N)CCC2. The molecular formula is C16H24N4O. The van der Waals surface area contributed by atoms with Gasteiger partial charge in [-0.15, -0.1) is 0 Å². The summed E-state index contributed by atoms with van der Waals surface area (Å²) in [6.07, 6.45) is 5.59. The molecule has 1 fully saturated rings. The van der Waals surface area contributed by atoms with Crippen LogP contribution in [0.5, 0.6) is 0 Å². The van der Waals surface area contributed by atoms with Gasteiger partial charge in [-0.05, 0) is 49.7 Å². The van der Waals surface area contributed by atoms with E-state index in [4.69, 9.17) is 20.9 Å². The third-order valence-electron chi connectivity index (χ3n) is 4.47. The fourth-order valence-electron chi connectivity index (χ4n) is 3.38. The van der Waals surface area contributed by atoms with Crippen molar-refractivity contribution in [1.29, 1.82) is 5.41 Å². The van der Waals surface area contributed by atoms with E-state index in [2.05, 4.69) is 11.0 Å². The van der Waals surface area contributed by atoms with Crippen molar-refractivity contribution in [3.8, 4) is 0 Å². The van der Waals surface area contributed by atoms with Gasteiger partial charge in [-0.3, -0.25) is 5.41 Å². The van der Waals surface area contributed by atoms with Crippen LogP contribution in [0, 0.1) is 11.3 Å². The predicted molar refractivity (Wildman–Crippen MR) is 84.1 cm³/mol. The van der Waals surface area contributed by atoms with E-state index in [-0.39, 0.29) is 5.84 Å². The lowest BCUT2D eigenvalue weighted by Gasteiger charge is -2.29. The second kappa shape index (κ2) is 6.02. The zero-order chi connectivity index (χ0) is 14.8. The number of anilines is 1. The molecule has 5 heteroatoms. The first-order valence-corrected chi connectivity index (χ1v) is 7.81. The molecule has 2 aliphatic rings. The molecule has 1 aromatic rings. The molecule has 0 radical (unpaired) electrons. The van der Waals surface area contributed by atoms with Gasteiger partial charge in [0.15, 0.2) is 0 Å². The number of ether oxygens (including phenoxy) is 1. The topological polar surface area (TPSA) is 75.2 Å². The molecule has 5 nitrogen and oxygen atoms in total. The Bertz CT molecular complexity index is 537. The van der Waals surface area contributed by atoms with E-state index in [0.717, 1.165) is 56.8 Å². The van der Waals surface area contributed by atoms with Gasteiger partial charge in [0.1, 0.15) is 11.7 Å². The Morgan fingerprint density at radius 3 is 3.05 bits per heavy atom. The number of fused-ring (bicyclic) bond motifs is 1. The molecule has 114 valence electrons. The Kier molecular flexibility index (Phi) is 4.10. The third-order valence-corrected chi connectivity index (χ3v) is 4.47. The number of hydrogen-bond acceptors (Lipinski definition) is 4. The van der Waals surface area contributed by atoms with Gasteiger partial charge < -0.3 is 15.4 Å². The van der Waals surface area contributed by atoms with Crippen molar-refractivity contribution in [1.82, 2.24) is 4.98 Å². The zero-order valence-electron chi connectivity index (χ0n) is 12.7. The van der Waals surface area contributed by atoms with E-state index in [1.165, 1.54) is 17.7 Å². The van der Waals surface area contributed by atoms with Crippen LogP contribution in [0.1, 0.15) is 36.1 Å². The molecule has 1 saturated heterocycles. The maximum absolute atomic E-state index is 7.84. The number of hydrogen-bond donors (Lipinski definition) is 2. The predicted octanol–water partition coefficient (Wildman–Crippen LogP) is 1.72. The summed E-state index contributed by atoms with van der Waals surface area (Å²) in [5, 5.41) is 7.84. The van der Waals surface area contributed by atoms with Gasteiger partial charge in [0.05, 0.1) is 12.2 Å². The van der Waals surface area contributed by atoms with Gasteiger partial charge in [0.2, 0.25) is 0 Å². The van der Waals surface area contributed by atoms with Crippen LogP contribution in [0.25, 0.3) is 0 Å². The molecule has 2 heterocycles. The fourth-order valence-corrected chi connectivity index (χ4v) is 3.38. The Balaban J connectivity index is 1.83. The number of aryl methyl sites for hydroxylation is 2. The first-order chi connectivity index (χ1) is 10.1. The number of nitrogens with one attached hydrogen (secondary N) is 1. The zero-order valence-corrected chi connectivity index (χ0v) is 12.7. The van der Waals surface area contributed by atoms with Crippen LogP contribution >= 0.6 is 0 Å².